The lowest BCUT2D eigenvalue weighted by atomic mass is 10.2. The third-order valence-corrected chi connectivity index (χ3v) is 4.01. The average molecular weight is 308 g/mol. The van der Waals surface area contributed by atoms with Crippen LogP contribution in [0.4, 0.5) is 0 Å². The maximum Gasteiger partial charge on any atom is 0.263 e. The monoisotopic (exact) mass is 308 g/mol. The number of hydrogen-bond acceptors (Lipinski definition) is 2. The summed E-state index contributed by atoms with van der Waals surface area (Å²) in [6.45, 7) is 0.524. The van der Waals surface area contributed by atoms with Gasteiger partial charge < -0.3 is 9.47 Å². The minimum Gasteiger partial charge on any atom is -0.332 e. The Kier molecular flexibility index (Phi) is 4.42. The molecule has 23 heavy (non-hydrogen) atoms. The number of aryl methyl sites for hydroxylation is 1. The van der Waals surface area contributed by atoms with E-state index in [-0.39, 0.29) is 23.1 Å². The van der Waals surface area contributed by atoms with Crippen molar-refractivity contribution >= 4 is 12.0 Å². The predicted octanol–water partition coefficient (Wildman–Crippen LogP) is 2.70. The Morgan fingerprint density at radius 2 is 1.96 bits per heavy atom. The molecule has 4 heteroatoms. The van der Waals surface area contributed by atoms with E-state index in [1.54, 1.807) is 30.3 Å². The number of carbonyl (C=O) groups excluding carboxylic acids is 1. The first-order valence-electron chi connectivity index (χ1n) is 7.85. The van der Waals surface area contributed by atoms with Gasteiger partial charge in [0.2, 0.25) is 0 Å². The summed E-state index contributed by atoms with van der Waals surface area (Å²) in [5.41, 5.74) is 1.11. The van der Waals surface area contributed by atoms with Gasteiger partial charge in [-0.3, -0.25) is 9.59 Å². The van der Waals surface area contributed by atoms with Crippen molar-refractivity contribution in [3.05, 3.63) is 76.2 Å². The fraction of sp³-hybridized carbons (Fsp3) is 0.263. The van der Waals surface area contributed by atoms with Crippen molar-refractivity contribution < 1.29 is 4.79 Å². The zero-order valence-corrected chi connectivity index (χ0v) is 13.2. The molecule has 0 bridgehead atoms. The van der Waals surface area contributed by atoms with Crippen molar-refractivity contribution in [1.82, 2.24) is 9.47 Å². The van der Waals surface area contributed by atoms with Crippen LogP contribution in [0.15, 0.2) is 59.5 Å². The summed E-state index contributed by atoms with van der Waals surface area (Å²) in [5.74, 6) is -0.175. The lowest BCUT2D eigenvalue weighted by molar-refractivity contribution is 0.0760. The largest absolute Gasteiger partial charge is 0.332 e. The molecule has 0 saturated heterocycles. The topological polar surface area (TPSA) is 42.3 Å². The summed E-state index contributed by atoms with van der Waals surface area (Å²) in [6.07, 6.45) is 7.68. The van der Waals surface area contributed by atoms with Crippen LogP contribution in [-0.4, -0.2) is 28.0 Å². The first kappa shape index (κ1) is 15.3. The van der Waals surface area contributed by atoms with Crippen LogP contribution >= 0.6 is 0 Å². The van der Waals surface area contributed by atoms with E-state index < -0.39 is 0 Å². The maximum atomic E-state index is 12.7. The number of rotatable bonds is 5. The zero-order valence-electron chi connectivity index (χ0n) is 13.2. The molecular formula is C19H20N2O2. The average Bonchev–Trinajstić information content (AvgIpc) is 3.39. The van der Waals surface area contributed by atoms with Crippen molar-refractivity contribution in [3.63, 3.8) is 0 Å². The summed E-state index contributed by atoms with van der Waals surface area (Å²) in [5, 5.41) is 0. The molecule has 0 radical (unpaired) electrons. The summed E-state index contributed by atoms with van der Waals surface area (Å²) >= 11 is 0. The third-order valence-electron chi connectivity index (χ3n) is 4.01. The molecule has 1 aromatic carbocycles. The van der Waals surface area contributed by atoms with E-state index in [0.717, 1.165) is 18.4 Å². The van der Waals surface area contributed by atoms with Crippen LogP contribution < -0.4 is 5.56 Å². The fourth-order valence-electron chi connectivity index (χ4n) is 2.57. The van der Waals surface area contributed by atoms with Crippen molar-refractivity contribution in [2.45, 2.75) is 18.9 Å². The van der Waals surface area contributed by atoms with Crippen LogP contribution in [-0.2, 0) is 7.05 Å². The third kappa shape index (κ3) is 3.59. The second-order valence-corrected chi connectivity index (χ2v) is 5.84. The van der Waals surface area contributed by atoms with Gasteiger partial charge in [0.05, 0.1) is 0 Å². The van der Waals surface area contributed by atoms with E-state index in [2.05, 4.69) is 0 Å². The highest BCUT2D eigenvalue weighted by atomic mass is 16.2. The summed E-state index contributed by atoms with van der Waals surface area (Å²) in [7, 11) is 1.66. The molecule has 1 amide bonds. The summed E-state index contributed by atoms with van der Waals surface area (Å²) in [4.78, 5) is 26.7. The van der Waals surface area contributed by atoms with Gasteiger partial charge in [0.15, 0.2) is 0 Å². The molecule has 2 aromatic rings. The number of carbonyl (C=O) groups is 1. The van der Waals surface area contributed by atoms with E-state index in [1.165, 1.54) is 4.57 Å². The first-order chi connectivity index (χ1) is 11.2. The molecule has 0 spiro atoms. The van der Waals surface area contributed by atoms with Gasteiger partial charge in [-0.05, 0) is 30.5 Å². The molecule has 0 N–H and O–H groups in total. The highest BCUT2D eigenvalue weighted by Crippen LogP contribution is 2.27. The Balaban J connectivity index is 1.77. The van der Waals surface area contributed by atoms with E-state index in [9.17, 15) is 9.59 Å². The van der Waals surface area contributed by atoms with Gasteiger partial charge in [0.25, 0.3) is 11.5 Å². The zero-order chi connectivity index (χ0) is 16.2. The number of benzene rings is 1. The van der Waals surface area contributed by atoms with Crippen molar-refractivity contribution in [3.8, 4) is 0 Å². The smallest absolute Gasteiger partial charge is 0.263 e. The predicted molar refractivity (Wildman–Crippen MR) is 91.2 cm³/mol. The van der Waals surface area contributed by atoms with Gasteiger partial charge in [-0.15, -0.1) is 0 Å². The van der Waals surface area contributed by atoms with Crippen molar-refractivity contribution in [1.29, 1.82) is 0 Å². The van der Waals surface area contributed by atoms with Crippen LogP contribution in [0.2, 0.25) is 0 Å². The fourth-order valence-corrected chi connectivity index (χ4v) is 2.57. The molecule has 1 aliphatic rings. The van der Waals surface area contributed by atoms with Crippen LogP contribution in [0.5, 0.6) is 0 Å². The van der Waals surface area contributed by atoms with E-state index in [4.69, 9.17) is 0 Å². The van der Waals surface area contributed by atoms with E-state index >= 15 is 0 Å². The molecule has 1 heterocycles. The van der Waals surface area contributed by atoms with Gasteiger partial charge in [0, 0.05) is 25.8 Å². The van der Waals surface area contributed by atoms with Crippen LogP contribution in [0.3, 0.4) is 0 Å². The first-order valence-corrected chi connectivity index (χ1v) is 7.85. The molecule has 1 aromatic heterocycles. The van der Waals surface area contributed by atoms with Gasteiger partial charge in [-0.25, -0.2) is 0 Å². The molecular weight excluding hydrogens is 288 g/mol. The molecule has 1 fully saturated rings. The Morgan fingerprint density at radius 3 is 2.65 bits per heavy atom. The Morgan fingerprint density at radius 1 is 1.22 bits per heavy atom. The lowest BCUT2D eigenvalue weighted by Gasteiger charge is -2.20. The Bertz CT molecular complexity index is 773. The Hall–Kier alpha value is -2.62. The lowest BCUT2D eigenvalue weighted by Crippen LogP contribution is -2.37. The van der Waals surface area contributed by atoms with Crippen LogP contribution in [0.1, 0.15) is 28.8 Å². The number of pyridine rings is 1. The minimum atomic E-state index is -0.241. The SMILES string of the molecule is Cn1cccc(C(=O)N(C/C=C/c2ccccc2)C2CC2)c1=O. The molecule has 0 atom stereocenters. The maximum absolute atomic E-state index is 12.7. The second kappa shape index (κ2) is 6.65. The van der Waals surface area contributed by atoms with Crippen LogP contribution in [0, 0.1) is 0 Å². The van der Waals surface area contributed by atoms with Gasteiger partial charge in [-0.1, -0.05) is 42.5 Å². The molecule has 118 valence electrons. The standard InChI is InChI=1S/C19H20N2O2/c1-20-13-6-10-17(18(20)22)19(23)21(16-11-12-16)14-5-9-15-7-3-2-4-8-15/h2-10,13,16H,11-12,14H2,1H3/b9-5+. The van der Waals surface area contributed by atoms with Gasteiger partial charge >= 0.3 is 0 Å². The molecule has 1 saturated carbocycles. The molecule has 0 unspecified atom stereocenters. The number of amides is 1. The molecule has 3 rings (SSSR count). The number of aromatic nitrogens is 1. The number of hydrogen-bond donors (Lipinski definition) is 0. The number of nitrogens with zero attached hydrogens (tertiary/aromatic N) is 2. The van der Waals surface area contributed by atoms with Gasteiger partial charge in [-0.2, -0.15) is 0 Å². The second-order valence-electron chi connectivity index (χ2n) is 5.84. The van der Waals surface area contributed by atoms with Crippen molar-refractivity contribution in [2.24, 2.45) is 7.05 Å². The Labute approximate surface area is 135 Å². The highest BCUT2D eigenvalue weighted by Gasteiger charge is 2.33. The normalized spacial score (nSPS) is 14.1. The minimum absolute atomic E-state index is 0.175. The summed E-state index contributed by atoms with van der Waals surface area (Å²) < 4.78 is 1.44. The highest BCUT2D eigenvalue weighted by molar-refractivity contribution is 5.94. The summed E-state index contributed by atoms with van der Waals surface area (Å²) in [6, 6.07) is 13.6. The van der Waals surface area contributed by atoms with Crippen LogP contribution in [0.25, 0.3) is 6.08 Å². The van der Waals surface area contributed by atoms with Crippen molar-refractivity contribution in [2.75, 3.05) is 6.54 Å². The van der Waals surface area contributed by atoms with E-state index in [1.807, 2.05) is 42.5 Å². The molecule has 4 nitrogen and oxygen atoms in total. The molecule has 1 aliphatic carbocycles. The quantitative estimate of drug-likeness (QED) is 0.852. The molecule has 0 aliphatic heterocycles. The van der Waals surface area contributed by atoms with E-state index in [0.29, 0.717) is 6.54 Å². The van der Waals surface area contributed by atoms with Gasteiger partial charge in [0.1, 0.15) is 5.56 Å².